The highest BCUT2D eigenvalue weighted by Crippen LogP contribution is 2.28. The van der Waals surface area contributed by atoms with Crippen LogP contribution >= 0.6 is 0 Å². The number of nitrogens with one attached hydrogen (secondary N) is 1. The first-order valence-corrected chi connectivity index (χ1v) is 11.0. The molecule has 10 heteroatoms. The van der Waals surface area contributed by atoms with Crippen molar-refractivity contribution in [2.45, 2.75) is 59.2 Å². The average molecular weight is 439 g/mol. The number of anilines is 1. The van der Waals surface area contributed by atoms with Crippen molar-refractivity contribution in [3.05, 3.63) is 24.5 Å². The van der Waals surface area contributed by atoms with Gasteiger partial charge in [0.25, 0.3) is 0 Å². The Kier molecular flexibility index (Phi) is 6.05. The number of imidazole rings is 1. The van der Waals surface area contributed by atoms with E-state index < -0.39 is 6.04 Å². The molecule has 0 radical (unpaired) electrons. The first-order valence-electron chi connectivity index (χ1n) is 11.0. The molecule has 3 aromatic rings. The van der Waals surface area contributed by atoms with Crippen LogP contribution in [0.3, 0.4) is 0 Å². The molecule has 1 saturated heterocycles. The van der Waals surface area contributed by atoms with E-state index in [0.717, 1.165) is 11.4 Å². The van der Waals surface area contributed by atoms with Crippen LogP contribution in [0.1, 0.15) is 39.9 Å². The largest absolute Gasteiger partial charge is 0.377 e. The summed E-state index contributed by atoms with van der Waals surface area (Å²) in [5.41, 5.74) is 1.78. The number of fused-ring (bicyclic) bond motifs is 1. The first-order chi connectivity index (χ1) is 15.4. The summed E-state index contributed by atoms with van der Waals surface area (Å²) in [7, 11) is 0. The maximum atomic E-state index is 13.4. The minimum absolute atomic E-state index is 0.0367. The maximum Gasteiger partial charge on any atom is 0.245 e. The quantitative estimate of drug-likeness (QED) is 0.625. The summed E-state index contributed by atoms with van der Waals surface area (Å²) < 4.78 is 7.58. The van der Waals surface area contributed by atoms with Gasteiger partial charge in [0.05, 0.1) is 24.3 Å². The number of ether oxygens (including phenoxy) is 1. The minimum atomic E-state index is -0.427. The molecule has 0 spiro atoms. The van der Waals surface area contributed by atoms with Gasteiger partial charge in [-0.05, 0) is 34.1 Å². The predicted molar refractivity (Wildman–Crippen MR) is 121 cm³/mol. The molecule has 4 heterocycles. The Morgan fingerprint density at radius 2 is 1.97 bits per heavy atom. The van der Waals surface area contributed by atoms with Gasteiger partial charge < -0.3 is 19.5 Å². The number of hydrogen-bond donors (Lipinski definition) is 1. The van der Waals surface area contributed by atoms with Crippen LogP contribution in [0.2, 0.25) is 0 Å². The van der Waals surface area contributed by atoms with E-state index in [4.69, 9.17) is 9.72 Å². The maximum absolute atomic E-state index is 13.4. The molecule has 0 aliphatic carbocycles. The van der Waals surface area contributed by atoms with Gasteiger partial charge >= 0.3 is 0 Å². The highest BCUT2D eigenvalue weighted by Gasteiger charge is 2.37. The third kappa shape index (κ3) is 4.02. The van der Waals surface area contributed by atoms with Gasteiger partial charge in [0.2, 0.25) is 5.91 Å². The minimum Gasteiger partial charge on any atom is -0.377 e. The molecule has 32 heavy (non-hydrogen) atoms. The van der Waals surface area contributed by atoms with Crippen LogP contribution in [0.5, 0.6) is 0 Å². The Morgan fingerprint density at radius 1 is 1.22 bits per heavy atom. The van der Waals surface area contributed by atoms with Gasteiger partial charge in [-0.1, -0.05) is 6.92 Å². The van der Waals surface area contributed by atoms with Gasteiger partial charge in [-0.3, -0.25) is 4.79 Å². The number of aromatic nitrogens is 6. The summed E-state index contributed by atoms with van der Waals surface area (Å²) in [4.78, 5) is 37.6. The van der Waals surface area contributed by atoms with Crippen molar-refractivity contribution < 1.29 is 9.53 Å². The SMILES string of the molecule is CCC(Nc1ncnc2c1nc(-c1cnc(C)nc1)n2CC)C(=O)N1CCOCC1(C)C. The lowest BCUT2D eigenvalue weighted by atomic mass is 10.0. The third-order valence-corrected chi connectivity index (χ3v) is 5.82. The molecule has 1 aliphatic heterocycles. The van der Waals surface area contributed by atoms with Crippen molar-refractivity contribution in [1.82, 2.24) is 34.4 Å². The number of rotatable bonds is 6. The van der Waals surface area contributed by atoms with Crippen molar-refractivity contribution in [1.29, 1.82) is 0 Å². The zero-order chi connectivity index (χ0) is 22.9. The van der Waals surface area contributed by atoms with Crippen LogP contribution in [0.4, 0.5) is 5.82 Å². The van der Waals surface area contributed by atoms with E-state index in [2.05, 4.69) is 25.3 Å². The molecule has 1 unspecified atom stereocenters. The Hall–Kier alpha value is -3.14. The molecule has 4 rings (SSSR count). The van der Waals surface area contributed by atoms with Crippen molar-refractivity contribution in [3.63, 3.8) is 0 Å². The van der Waals surface area contributed by atoms with Crippen molar-refractivity contribution in [2.24, 2.45) is 0 Å². The van der Waals surface area contributed by atoms with E-state index in [1.807, 2.05) is 44.1 Å². The normalized spacial score (nSPS) is 16.8. The third-order valence-electron chi connectivity index (χ3n) is 5.82. The van der Waals surface area contributed by atoms with E-state index in [1.54, 1.807) is 12.4 Å². The molecular formula is C22H30N8O2. The van der Waals surface area contributed by atoms with Crippen LogP contribution in [-0.2, 0) is 16.1 Å². The lowest BCUT2D eigenvalue weighted by Gasteiger charge is -2.43. The number of nitrogens with zero attached hydrogens (tertiary/aromatic N) is 7. The van der Waals surface area contributed by atoms with Gasteiger partial charge in [0, 0.05) is 25.5 Å². The zero-order valence-electron chi connectivity index (χ0n) is 19.3. The Bertz CT molecular complexity index is 1110. The molecule has 1 atom stereocenters. The van der Waals surface area contributed by atoms with Crippen molar-refractivity contribution in [2.75, 3.05) is 25.1 Å². The number of hydrogen-bond acceptors (Lipinski definition) is 8. The van der Waals surface area contributed by atoms with Crippen molar-refractivity contribution >= 4 is 22.9 Å². The lowest BCUT2D eigenvalue weighted by Crippen LogP contribution is -2.59. The smallest absolute Gasteiger partial charge is 0.245 e. The fourth-order valence-electron chi connectivity index (χ4n) is 4.03. The lowest BCUT2D eigenvalue weighted by molar-refractivity contribution is -0.147. The molecule has 10 nitrogen and oxygen atoms in total. The summed E-state index contributed by atoms with van der Waals surface area (Å²) in [5, 5.41) is 3.34. The number of aryl methyl sites for hydroxylation is 2. The molecule has 1 fully saturated rings. The van der Waals surface area contributed by atoms with Crippen LogP contribution in [0, 0.1) is 6.92 Å². The summed E-state index contributed by atoms with van der Waals surface area (Å²) in [6.45, 7) is 12.2. The number of carbonyl (C=O) groups is 1. The van der Waals surface area contributed by atoms with Crippen LogP contribution in [0.25, 0.3) is 22.6 Å². The van der Waals surface area contributed by atoms with Gasteiger partial charge in [-0.25, -0.2) is 24.9 Å². The highest BCUT2D eigenvalue weighted by atomic mass is 16.5. The predicted octanol–water partition coefficient (Wildman–Crippen LogP) is 2.44. The number of amides is 1. The second kappa shape index (κ2) is 8.78. The van der Waals surface area contributed by atoms with Gasteiger partial charge in [-0.15, -0.1) is 0 Å². The molecule has 0 saturated carbocycles. The van der Waals surface area contributed by atoms with Crippen molar-refractivity contribution in [3.8, 4) is 11.4 Å². The Balaban J connectivity index is 1.69. The summed E-state index contributed by atoms with van der Waals surface area (Å²) in [5.74, 6) is 2.00. The summed E-state index contributed by atoms with van der Waals surface area (Å²) >= 11 is 0. The zero-order valence-corrected chi connectivity index (χ0v) is 19.3. The second-order valence-corrected chi connectivity index (χ2v) is 8.55. The van der Waals surface area contributed by atoms with E-state index >= 15 is 0 Å². The number of morpholine rings is 1. The van der Waals surface area contributed by atoms with E-state index in [1.165, 1.54) is 6.33 Å². The average Bonchev–Trinajstić information content (AvgIpc) is 3.16. The van der Waals surface area contributed by atoms with Crippen LogP contribution in [-0.4, -0.2) is 71.6 Å². The molecule has 3 aromatic heterocycles. The summed E-state index contributed by atoms with van der Waals surface area (Å²) in [6.07, 6.45) is 5.64. The topological polar surface area (TPSA) is 111 Å². The van der Waals surface area contributed by atoms with Gasteiger partial charge in [-0.2, -0.15) is 0 Å². The molecular weight excluding hydrogens is 408 g/mol. The monoisotopic (exact) mass is 438 g/mol. The Labute approximate surface area is 187 Å². The van der Waals surface area contributed by atoms with Gasteiger partial charge in [0.1, 0.15) is 24.0 Å². The molecule has 1 aliphatic rings. The molecule has 1 amide bonds. The Morgan fingerprint density at radius 3 is 2.62 bits per heavy atom. The fourth-order valence-corrected chi connectivity index (χ4v) is 4.03. The molecule has 170 valence electrons. The molecule has 1 N–H and O–H groups in total. The second-order valence-electron chi connectivity index (χ2n) is 8.55. The van der Waals surface area contributed by atoms with Gasteiger partial charge in [0.15, 0.2) is 17.0 Å². The van der Waals surface area contributed by atoms with E-state index in [-0.39, 0.29) is 11.4 Å². The first kappa shape index (κ1) is 22.1. The van der Waals surface area contributed by atoms with E-state index in [9.17, 15) is 4.79 Å². The standard InChI is InChI=1S/C22H30N8O2/c1-6-16(21(31)30-8-9-32-12-22(30,4)5)27-18-17-20(26-13-25-18)29(7-2)19(28-17)15-10-23-14(3)24-11-15/h10-11,13,16H,6-9,12H2,1-5H3,(H,25,26,27). The van der Waals surface area contributed by atoms with E-state index in [0.29, 0.717) is 55.5 Å². The fraction of sp³-hybridized carbons (Fsp3) is 0.545. The summed E-state index contributed by atoms with van der Waals surface area (Å²) in [6, 6.07) is -0.427. The molecule has 0 aromatic carbocycles. The van der Waals surface area contributed by atoms with Crippen LogP contribution in [0.15, 0.2) is 18.7 Å². The van der Waals surface area contributed by atoms with Crippen LogP contribution < -0.4 is 5.32 Å². The number of carbonyl (C=O) groups excluding carboxylic acids is 1. The molecule has 0 bridgehead atoms. The highest BCUT2D eigenvalue weighted by molar-refractivity contribution is 5.90.